The second-order valence-electron chi connectivity index (χ2n) is 8.39. The smallest absolute Gasteiger partial charge is 0.128 e. The Morgan fingerprint density at radius 2 is 1.22 bits per heavy atom. The molecule has 4 heteroatoms. The zero-order valence-electron chi connectivity index (χ0n) is 16.0. The van der Waals surface area contributed by atoms with Crippen LogP contribution in [0.5, 0.6) is 0 Å². The number of rotatable bonds is 1. The first-order valence-corrected chi connectivity index (χ1v) is 8.86. The van der Waals surface area contributed by atoms with Gasteiger partial charge in [0.1, 0.15) is 11.7 Å². The molecular formula is C23H44N4. The molecule has 0 atom stereocenters. The normalized spacial score (nSPS) is 15.3. The average Bonchev–Trinajstić information content (AvgIpc) is 3.20. The van der Waals surface area contributed by atoms with E-state index in [1.807, 2.05) is 0 Å². The molecule has 1 aromatic carbocycles. The van der Waals surface area contributed by atoms with Gasteiger partial charge in [-0.15, -0.1) is 0 Å². The standard InChI is InChI=1S/C13H18N2.C7H14N2.3CH4/c1-13(2,3)11-6-4-10(5-7-11)12-14-8-9-15-12;1-7(2,3)6-8-4-5-9-6;;;/h4-7H,8-9H2,1-3H3,(H,14,15);4-5H2,1-3H3,(H,8,9);3*1H4. The second-order valence-corrected chi connectivity index (χ2v) is 8.39. The molecule has 0 spiro atoms. The summed E-state index contributed by atoms with van der Waals surface area (Å²) in [4.78, 5) is 8.72. The lowest BCUT2D eigenvalue weighted by molar-refractivity contribution is 0.575. The number of amidine groups is 2. The van der Waals surface area contributed by atoms with Crippen molar-refractivity contribution < 1.29 is 0 Å². The van der Waals surface area contributed by atoms with E-state index in [0.29, 0.717) is 0 Å². The molecule has 2 aliphatic rings. The molecule has 0 unspecified atom stereocenters. The van der Waals surface area contributed by atoms with E-state index in [9.17, 15) is 0 Å². The third-order valence-electron chi connectivity index (χ3n) is 4.08. The van der Waals surface area contributed by atoms with Gasteiger partial charge in [0.15, 0.2) is 0 Å². The van der Waals surface area contributed by atoms with Crippen LogP contribution in [0.25, 0.3) is 0 Å². The number of nitrogens with one attached hydrogen (secondary N) is 2. The van der Waals surface area contributed by atoms with Gasteiger partial charge in [0.25, 0.3) is 0 Å². The van der Waals surface area contributed by atoms with Gasteiger partial charge in [0.05, 0.1) is 13.1 Å². The van der Waals surface area contributed by atoms with Gasteiger partial charge in [0.2, 0.25) is 0 Å². The van der Waals surface area contributed by atoms with Crippen molar-refractivity contribution >= 4 is 11.7 Å². The predicted octanol–water partition coefficient (Wildman–Crippen LogP) is 5.28. The maximum absolute atomic E-state index is 4.40. The number of nitrogens with zero attached hydrogens (tertiary/aromatic N) is 2. The van der Waals surface area contributed by atoms with Crippen molar-refractivity contribution in [2.45, 2.75) is 69.2 Å². The molecule has 27 heavy (non-hydrogen) atoms. The van der Waals surface area contributed by atoms with E-state index in [-0.39, 0.29) is 33.1 Å². The molecular weight excluding hydrogens is 332 g/mol. The Balaban J connectivity index is 0. The van der Waals surface area contributed by atoms with E-state index in [2.05, 4.69) is 86.4 Å². The number of hydrogen-bond donors (Lipinski definition) is 2. The first-order valence-electron chi connectivity index (χ1n) is 8.86. The average molecular weight is 377 g/mol. The van der Waals surface area contributed by atoms with Crippen LogP contribution in [0.3, 0.4) is 0 Å². The highest BCUT2D eigenvalue weighted by Gasteiger charge is 2.20. The summed E-state index contributed by atoms with van der Waals surface area (Å²) in [5.74, 6) is 2.19. The zero-order valence-corrected chi connectivity index (χ0v) is 16.0. The van der Waals surface area contributed by atoms with Gasteiger partial charge in [-0.3, -0.25) is 9.98 Å². The molecule has 0 bridgehead atoms. The molecule has 0 fully saturated rings. The maximum atomic E-state index is 4.40. The summed E-state index contributed by atoms with van der Waals surface area (Å²) >= 11 is 0. The lowest BCUT2D eigenvalue weighted by atomic mass is 9.86. The van der Waals surface area contributed by atoms with Crippen molar-refractivity contribution in [2.75, 3.05) is 26.2 Å². The van der Waals surface area contributed by atoms with Crippen molar-refractivity contribution in [3.05, 3.63) is 35.4 Å². The van der Waals surface area contributed by atoms with Crippen molar-refractivity contribution in [1.29, 1.82) is 0 Å². The molecule has 0 aliphatic carbocycles. The Kier molecular flexibility index (Phi) is 11.3. The fourth-order valence-corrected chi connectivity index (χ4v) is 2.62. The zero-order chi connectivity index (χ0) is 17.8. The highest BCUT2D eigenvalue weighted by atomic mass is 15.1. The maximum Gasteiger partial charge on any atom is 0.128 e. The Bertz CT molecular complexity index is 599. The van der Waals surface area contributed by atoms with Gasteiger partial charge in [0, 0.05) is 24.1 Å². The van der Waals surface area contributed by atoms with Crippen molar-refractivity contribution in [1.82, 2.24) is 10.6 Å². The van der Waals surface area contributed by atoms with E-state index < -0.39 is 0 Å². The molecule has 4 nitrogen and oxygen atoms in total. The van der Waals surface area contributed by atoms with E-state index in [0.717, 1.165) is 37.9 Å². The van der Waals surface area contributed by atoms with Crippen LogP contribution in [-0.4, -0.2) is 37.9 Å². The molecule has 0 amide bonds. The summed E-state index contributed by atoms with van der Waals surface area (Å²) in [6.07, 6.45) is 0. The summed E-state index contributed by atoms with van der Waals surface area (Å²) in [7, 11) is 0. The Morgan fingerprint density at radius 1 is 0.704 bits per heavy atom. The lowest BCUT2D eigenvalue weighted by Crippen LogP contribution is -2.31. The molecule has 0 saturated heterocycles. The SMILES string of the molecule is C.C.C.CC(C)(C)C1=NCCN1.CC(C)(C)c1ccc(C2=NCCN2)cc1. The summed E-state index contributed by atoms with van der Waals surface area (Å²) < 4.78 is 0. The largest absolute Gasteiger partial charge is 0.372 e. The first-order chi connectivity index (χ1) is 11.2. The molecule has 3 rings (SSSR count). The number of benzene rings is 1. The van der Waals surface area contributed by atoms with Crippen LogP contribution in [-0.2, 0) is 5.41 Å². The van der Waals surface area contributed by atoms with Crippen LogP contribution in [0.4, 0.5) is 0 Å². The van der Waals surface area contributed by atoms with Gasteiger partial charge in [-0.05, 0) is 11.0 Å². The van der Waals surface area contributed by atoms with Crippen LogP contribution in [0, 0.1) is 5.41 Å². The van der Waals surface area contributed by atoms with Crippen molar-refractivity contribution in [2.24, 2.45) is 15.4 Å². The molecule has 1 aromatic rings. The fraction of sp³-hybridized carbons (Fsp3) is 0.652. The lowest BCUT2D eigenvalue weighted by Gasteiger charge is -2.19. The topological polar surface area (TPSA) is 48.8 Å². The van der Waals surface area contributed by atoms with E-state index in [1.54, 1.807) is 0 Å². The molecule has 0 radical (unpaired) electrons. The second kappa shape index (κ2) is 11.1. The highest BCUT2D eigenvalue weighted by molar-refractivity contribution is 5.99. The van der Waals surface area contributed by atoms with Crippen LogP contribution >= 0.6 is 0 Å². The summed E-state index contributed by atoms with van der Waals surface area (Å²) in [6.45, 7) is 17.0. The summed E-state index contributed by atoms with van der Waals surface area (Å²) in [5.41, 5.74) is 3.00. The molecule has 0 saturated carbocycles. The van der Waals surface area contributed by atoms with Crippen LogP contribution in [0.1, 0.15) is 74.9 Å². The third kappa shape index (κ3) is 8.15. The van der Waals surface area contributed by atoms with Crippen LogP contribution in [0.15, 0.2) is 34.3 Å². The van der Waals surface area contributed by atoms with Crippen molar-refractivity contribution in [3.8, 4) is 0 Å². The number of hydrogen-bond acceptors (Lipinski definition) is 4. The van der Waals surface area contributed by atoms with Gasteiger partial charge >= 0.3 is 0 Å². The minimum atomic E-state index is 0. The van der Waals surface area contributed by atoms with Gasteiger partial charge in [-0.1, -0.05) is 88.1 Å². The molecule has 156 valence electrons. The quantitative estimate of drug-likeness (QED) is 0.701. The van der Waals surface area contributed by atoms with Crippen molar-refractivity contribution in [3.63, 3.8) is 0 Å². The van der Waals surface area contributed by atoms with E-state index >= 15 is 0 Å². The van der Waals surface area contributed by atoms with Crippen LogP contribution in [0.2, 0.25) is 0 Å². The molecule has 2 N–H and O–H groups in total. The van der Waals surface area contributed by atoms with Gasteiger partial charge in [-0.2, -0.15) is 0 Å². The van der Waals surface area contributed by atoms with E-state index in [1.165, 1.54) is 11.1 Å². The summed E-state index contributed by atoms with van der Waals surface area (Å²) in [5, 5.41) is 6.53. The predicted molar refractivity (Wildman–Crippen MR) is 125 cm³/mol. The Labute approximate surface area is 169 Å². The monoisotopic (exact) mass is 376 g/mol. The fourth-order valence-electron chi connectivity index (χ4n) is 2.62. The number of aliphatic imine (C=N–C) groups is 2. The minimum absolute atomic E-state index is 0. The minimum Gasteiger partial charge on any atom is -0.372 e. The molecule has 2 heterocycles. The molecule has 0 aromatic heterocycles. The first kappa shape index (κ1) is 27.4. The third-order valence-corrected chi connectivity index (χ3v) is 4.08. The highest BCUT2D eigenvalue weighted by Crippen LogP contribution is 2.22. The van der Waals surface area contributed by atoms with E-state index in [4.69, 9.17) is 0 Å². The van der Waals surface area contributed by atoms with Gasteiger partial charge in [-0.25, -0.2) is 0 Å². The van der Waals surface area contributed by atoms with Gasteiger partial charge < -0.3 is 10.6 Å². The van der Waals surface area contributed by atoms with Crippen LogP contribution < -0.4 is 10.6 Å². The molecule has 2 aliphatic heterocycles. The Morgan fingerprint density at radius 3 is 1.56 bits per heavy atom. The Hall–Kier alpha value is -1.84. The summed E-state index contributed by atoms with van der Waals surface area (Å²) in [6, 6.07) is 8.69.